The van der Waals surface area contributed by atoms with Crippen LogP contribution in [0.25, 0.3) is 0 Å². The fraction of sp³-hybridized carbons (Fsp3) is 0.400. The summed E-state index contributed by atoms with van der Waals surface area (Å²) >= 11 is 8.77. The molecular formula is C10H12BrClO2. The molecule has 0 radical (unpaired) electrons. The van der Waals surface area contributed by atoms with Gasteiger partial charge in [0.05, 0.1) is 12.0 Å². The van der Waals surface area contributed by atoms with Gasteiger partial charge in [0, 0.05) is 5.33 Å². The van der Waals surface area contributed by atoms with Crippen molar-refractivity contribution in [3.05, 3.63) is 35.4 Å². The van der Waals surface area contributed by atoms with Gasteiger partial charge in [0.2, 0.25) is 0 Å². The molecule has 0 spiro atoms. The minimum atomic E-state index is -0.911. The van der Waals surface area contributed by atoms with E-state index in [1.807, 2.05) is 12.1 Å². The maximum atomic E-state index is 9.61. The molecule has 14 heavy (non-hydrogen) atoms. The number of hydrogen-bond acceptors (Lipinski definition) is 2. The second kappa shape index (κ2) is 5.71. The molecule has 2 N–H and O–H groups in total. The molecule has 0 bridgehead atoms. The Morgan fingerprint density at radius 1 is 1.21 bits per heavy atom. The topological polar surface area (TPSA) is 40.5 Å². The minimum Gasteiger partial charge on any atom is -0.389 e. The predicted octanol–water partition coefficient (Wildman–Crippen LogP) is 2.21. The van der Waals surface area contributed by atoms with Crippen molar-refractivity contribution in [2.24, 2.45) is 0 Å². The van der Waals surface area contributed by atoms with Crippen LogP contribution in [0.4, 0.5) is 0 Å². The van der Waals surface area contributed by atoms with E-state index >= 15 is 0 Å². The molecule has 2 nitrogen and oxygen atoms in total. The van der Waals surface area contributed by atoms with Crippen LogP contribution in [0.2, 0.25) is 0 Å². The van der Waals surface area contributed by atoms with E-state index in [1.54, 1.807) is 12.1 Å². The summed E-state index contributed by atoms with van der Waals surface area (Å²) in [5, 5.41) is 19.7. The Balaban J connectivity index is 2.75. The zero-order chi connectivity index (χ0) is 10.6. The number of aliphatic hydroxyl groups is 2. The van der Waals surface area contributed by atoms with Crippen LogP contribution in [0.5, 0.6) is 0 Å². The number of hydrogen-bond donors (Lipinski definition) is 2. The molecule has 0 aliphatic heterocycles. The average molecular weight is 280 g/mol. The van der Waals surface area contributed by atoms with E-state index in [2.05, 4.69) is 15.9 Å². The van der Waals surface area contributed by atoms with Crippen molar-refractivity contribution in [1.82, 2.24) is 0 Å². The van der Waals surface area contributed by atoms with Gasteiger partial charge in [0.25, 0.3) is 0 Å². The molecule has 1 aromatic rings. The largest absolute Gasteiger partial charge is 0.389 e. The first kappa shape index (κ1) is 12.0. The number of aliphatic hydroxyl groups excluding tert-OH is 2. The summed E-state index contributed by atoms with van der Waals surface area (Å²) in [7, 11) is 0. The van der Waals surface area contributed by atoms with Crippen molar-refractivity contribution in [3.8, 4) is 0 Å². The van der Waals surface area contributed by atoms with E-state index in [-0.39, 0.29) is 5.88 Å². The first-order chi connectivity index (χ1) is 6.69. The van der Waals surface area contributed by atoms with Crippen LogP contribution >= 0.6 is 27.5 Å². The molecule has 0 amide bonds. The third-order valence-corrected chi connectivity index (χ3v) is 2.96. The molecule has 4 heteroatoms. The summed E-state index contributed by atoms with van der Waals surface area (Å²) in [6.07, 6.45) is -1.82. The molecule has 1 aromatic carbocycles. The lowest BCUT2D eigenvalue weighted by Crippen LogP contribution is -2.19. The molecule has 0 saturated carbocycles. The monoisotopic (exact) mass is 278 g/mol. The zero-order valence-corrected chi connectivity index (χ0v) is 9.87. The third kappa shape index (κ3) is 2.95. The van der Waals surface area contributed by atoms with Crippen molar-refractivity contribution in [1.29, 1.82) is 0 Å². The summed E-state index contributed by atoms with van der Waals surface area (Å²) in [6, 6.07) is 7.37. The van der Waals surface area contributed by atoms with Gasteiger partial charge < -0.3 is 10.2 Å². The maximum absolute atomic E-state index is 9.61. The standard InChI is InChI=1S/C10H12BrClO2/c11-5-7-1-3-8(4-2-7)10(14)9(13)6-12/h1-4,9-10,13-14H,5-6H2. The van der Waals surface area contributed by atoms with Crippen molar-refractivity contribution >= 4 is 27.5 Å². The molecule has 0 aliphatic carbocycles. The average Bonchev–Trinajstić information content (AvgIpc) is 2.27. The molecule has 78 valence electrons. The Morgan fingerprint density at radius 3 is 2.21 bits per heavy atom. The lowest BCUT2D eigenvalue weighted by Gasteiger charge is -2.15. The first-order valence-corrected chi connectivity index (χ1v) is 5.91. The second-order valence-corrected chi connectivity index (χ2v) is 3.91. The van der Waals surface area contributed by atoms with Gasteiger partial charge in [-0.15, -0.1) is 11.6 Å². The normalized spacial score (nSPS) is 15.1. The van der Waals surface area contributed by atoms with E-state index < -0.39 is 12.2 Å². The predicted molar refractivity (Wildman–Crippen MR) is 60.8 cm³/mol. The van der Waals surface area contributed by atoms with Gasteiger partial charge in [-0.05, 0) is 11.1 Å². The highest BCUT2D eigenvalue weighted by atomic mass is 79.9. The summed E-state index contributed by atoms with van der Waals surface area (Å²) < 4.78 is 0. The van der Waals surface area contributed by atoms with E-state index in [1.165, 1.54) is 0 Å². The Labute approximate surface area is 96.7 Å². The van der Waals surface area contributed by atoms with E-state index in [4.69, 9.17) is 11.6 Å². The van der Waals surface area contributed by atoms with Gasteiger partial charge in [0.15, 0.2) is 0 Å². The second-order valence-electron chi connectivity index (χ2n) is 3.04. The molecule has 0 saturated heterocycles. The Bertz CT molecular complexity index is 276. The zero-order valence-electron chi connectivity index (χ0n) is 7.53. The fourth-order valence-electron chi connectivity index (χ4n) is 1.11. The van der Waals surface area contributed by atoms with Crippen LogP contribution in [0, 0.1) is 0 Å². The summed E-state index contributed by atoms with van der Waals surface area (Å²) in [6.45, 7) is 0. The van der Waals surface area contributed by atoms with E-state index in [9.17, 15) is 10.2 Å². The first-order valence-electron chi connectivity index (χ1n) is 4.26. The van der Waals surface area contributed by atoms with Crippen molar-refractivity contribution in [3.63, 3.8) is 0 Å². The van der Waals surface area contributed by atoms with Gasteiger partial charge in [-0.2, -0.15) is 0 Å². The summed E-state index contributed by atoms with van der Waals surface area (Å²) in [5.74, 6) is 0.0291. The molecule has 1 rings (SSSR count). The van der Waals surface area contributed by atoms with E-state index in [0.717, 1.165) is 10.9 Å². The third-order valence-electron chi connectivity index (χ3n) is 2.00. The number of halogens is 2. The highest BCUT2D eigenvalue weighted by Crippen LogP contribution is 2.19. The Hall–Kier alpha value is -0.0900. The van der Waals surface area contributed by atoms with Crippen molar-refractivity contribution in [2.75, 3.05) is 5.88 Å². The molecule has 0 heterocycles. The van der Waals surface area contributed by atoms with Crippen molar-refractivity contribution < 1.29 is 10.2 Å². The lowest BCUT2D eigenvalue weighted by atomic mass is 10.0. The van der Waals surface area contributed by atoms with Crippen LogP contribution in [-0.2, 0) is 5.33 Å². The lowest BCUT2D eigenvalue weighted by molar-refractivity contribution is 0.0327. The molecule has 2 unspecified atom stereocenters. The van der Waals surface area contributed by atoms with Gasteiger partial charge >= 0.3 is 0 Å². The molecular weight excluding hydrogens is 267 g/mol. The summed E-state index contributed by atoms with van der Waals surface area (Å²) in [5.41, 5.74) is 1.81. The highest BCUT2D eigenvalue weighted by Gasteiger charge is 2.16. The Morgan fingerprint density at radius 2 is 1.79 bits per heavy atom. The van der Waals surface area contributed by atoms with E-state index in [0.29, 0.717) is 5.56 Å². The molecule has 0 aromatic heterocycles. The SMILES string of the molecule is OC(CCl)C(O)c1ccc(CBr)cc1. The Kier molecular flexibility index (Phi) is 4.89. The fourth-order valence-corrected chi connectivity index (χ4v) is 1.65. The number of benzene rings is 1. The van der Waals surface area contributed by atoms with Crippen LogP contribution in [0.1, 0.15) is 17.2 Å². The van der Waals surface area contributed by atoms with Crippen LogP contribution in [0.3, 0.4) is 0 Å². The smallest absolute Gasteiger partial charge is 0.106 e. The number of rotatable bonds is 4. The number of alkyl halides is 2. The van der Waals surface area contributed by atoms with Crippen LogP contribution < -0.4 is 0 Å². The highest BCUT2D eigenvalue weighted by molar-refractivity contribution is 9.08. The molecule has 2 atom stereocenters. The maximum Gasteiger partial charge on any atom is 0.106 e. The van der Waals surface area contributed by atoms with Gasteiger partial charge in [0.1, 0.15) is 6.10 Å². The van der Waals surface area contributed by atoms with Gasteiger partial charge in [-0.3, -0.25) is 0 Å². The van der Waals surface area contributed by atoms with Crippen LogP contribution in [0.15, 0.2) is 24.3 Å². The molecule has 0 aliphatic rings. The minimum absolute atomic E-state index is 0.0291. The van der Waals surface area contributed by atoms with Crippen LogP contribution in [-0.4, -0.2) is 22.2 Å². The van der Waals surface area contributed by atoms with Gasteiger partial charge in [-0.1, -0.05) is 40.2 Å². The molecule has 0 fully saturated rings. The summed E-state index contributed by atoms with van der Waals surface area (Å²) in [4.78, 5) is 0. The quantitative estimate of drug-likeness (QED) is 0.830. The van der Waals surface area contributed by atoms with Crippen molar-refractivity contribution in [2.45, 2.75) is 17.5 Å². The van der Waals surface area contributed by atoms with Gasteiger partial charge in [-0.25, -0.2) is 0 Å².